The van der Waals surface area contributed by atoms with Gasteiger partial charge in [-0.1, -0.05) is 15.9 Å². The van der Waals surface area contributed by atoms with E-state index in [0.29, 0.717) is 0 Å². The number of hydrogen-bond acceptors (Lipinski definition) is 2. The van der Waals surface area contributed by atoms with E-state index in [0.717, 1.165) is 21.1 Å². The predicted molar refractivity (Wildman–Crippen MR) is 49.7 cm³/mol. The van der Waals surface area contributed by atoms with Gasteiger partial charge < -0.3 is 5.11 Å². The average Bonchev–Trinajstić information content (AvgIpc) is 2.46. The number of nitrogens with zero attached hydrogens (tertiary/aromatic N) is 1. The van der Waals surface area contributed by atoms with E-state index < -0.39 is 0 Å². The fourth-order valence-electron chi connectivity index (χ4n) is 1.16. The molecule has 0 aliphatic rings. The van der Waals surface area contributed by atoms with Gasteiger partial charge in [0.25, 0.3) is 0 Å². The van der Waals surface area contributed by atoms with Crippen LogP contribution >= 0.6 is 15.9 Å². The molecule has 0 atom stereocenters. The number of aromatic nitrogens is 2. The Hall–Kier alpha value is -0.870. The van der Waals surface area contributed by atoms with Crippen molar-refractivity contribution in [3.05, 3.63) is 28.4 Å². The smallest absolute Gasteiger partial charge is 0.0935 e. The zero-order valence-electron chi connectivity index (χ0n) is 6.21. The Bertz CT molecular complexity index is 410. The number of rotatable bonds is 1. The van der Waals surface area contributed by atoms with Crippen LogP contribution in [0.5, 0.6) is 0 Å². The van der Waals surface area contributed by atoms with Crippen LogP contribution in [0.3, 0.4) is 0 Å². The summed E-state index contributed by atoms with van der Waals surface area (Å²) in [5.41, 5.74) is 1.63. The third-order valence-electron chi connectivity index (χ3n) is 1.75. The van der Waals surface area contributed by atoms with Crippen LogP contribution in [0.2, 0.25) is 0 Å². The molecule has 1 heterocycles. The molecule has 0 fully saturated rings. The summed E-state index contributed by atoms with van der Waals surface area (Å²) < 4.78 is 0.992. The molecule has 0 aliphatic carbocycles. The Kier molecular flexibility index (Phi) is 1.86. The third-order valence-corrected chi connectivity index (χ3v) is 2.25. The van der Waals surface area contributed by atoms with Crippen molar-refractivity contribution in [1.29, 1.82) is 0 Å². The molecular formula is C8H7BrN2O. The van der Waals surface area contributed by atoms with Crippen LogP contribution in [0.25, 0.3) is 10.9 Å². The van der Waals surface area contributed by atoms with Gasteiger partial charge in [0.2, 0.25) is 0 Å². The summed E-state index contributed by atoms with van der Waals surface area (Å²) in [6.45, 7) is -0.00185. The summed E-state index contributed by atoms with van der Waals surface area (Å²) >= 11 is 3.35. The van der Waals surface area contributed by atoms with Gasteiger partial charge in [0.15, 0.2) is 0 Å². The second kappa shape index (κ2) is 2.88. The summed E-state index contributed by atoms with van der Waals surface area (Å²) in [4.78, 5) is 0. The molecule has 0 spiro atoms. The highest BCUT2D eigenvalue weighted by Crippen LogP contribution is 2.20. The first-order valence-corrected chi connectivity index (χ1v) is 4.34. The lowest BCUT2D eigenvalue weighted by Crippen LogP contribution is -1.81. The molecule has 0 saturated heterocycles. The molecule has 1 aromatic carbocycles. The minimum absolute atomic E-state index is 0.00185. The quantitative estimate of drug-likeness (QED) is 0.780. The molecule has 0 saturated carbocycles. The second-order valence-electron chi connectivity index (χ2n) is 2.52. The molecular weight excluding hydrogens is 220 g/mol. The number of aliphatic hydroxyl groups is 1. The van der Waals surface area contributed by atoms with Gasteiger partial charge in [-0.05, 0) is 18.2 Å². The van der Waals surface area contributed by atoms with Crippen LogP contribution in [0.15, 0.2) is 22.7 Å². The standard InChI is InChI=1S/C8H7BrN2O/c9-5-1-2-6-7(3-5)10-11-8(6)4-12/h1-3,12H,4H2,(H,10,11). The van der Waals surface area contributed by atoms with Crippen LogP contribution in [0.4, 0.5) is 0 Å². The molecule has 2 aromatic rings. The van der Waals surface area contributed by atoms with Crippen molar-refractivity contribution in [3.63, 3.8) is 0 Å². The van der Waals surface area contributed by atoms with Crippen LogP contribution in [0.1, 0.15) is 5.69 Å². The van der Waals surface area contributed by atoms with Gasteiger partial charge in [-0.25, -0.2) is 0 Å². The first-order chi connectivity index (χ1) is 5.81. The molecule has 0 amide bonds. The number of H-pyrrole nitrogens is 1. The number of hydrogen-bond donors (Lipinski definition) is 2. The summed E-state index contributed by atoms with van der Waals surface area (Å²) in [6.07, 6.45) is 0. The average molecular weight is 227 g/mol. The summed E-state index contributed by atoms with van der Waals surface area (Å²) in [5.74, 6) is 0. The lowest BCUT2D eigenvalue weighted by atomic mass is 10.2. The monoisotopic (exact) mass is 226 g/mol. The largest absolute Gasteiger partial charge is 0.390 e. The topological polar surface area (TPSA) is 48.9 Å². The van der Waals surface area contributed by atoms with E-state index in [4.69, 9.17) is 5.11 Å². The third kappa shape index (κ3) is 1.13. The van der Waals surface area contributed by atoms with Gasteiger partial charge in [0.1, 0.15) is 0 Å². The zero-order chi connectivity index (χ0) is 8.55. The van der Waals surface area contributed by atoms with E-state index in [-0.39, 0.29) is 6.61 Å². The molecule has 3 nitrogen and oxygen atoms in total. The molecule has 12 heavy (non-hydrogen) atoms. The van der Waals surface area contributed by atoms with Crippen LogP contribution in [-0.4, -0.2) is 15.3 Å². The van der Waals surface area contributed by atoms with Crippen molar-refractivity contribution in [2.24, 2.45) is 0 Å². The number of fused-ring (bicyclic) bond motifs is 1. The number of aromatic amines is 1. The number of aliphatic hydroxyl groups excluding tert-OH is 1. The Balaban J connectivity index is 2.73. The molecule has 0 bridgehead atoms. The van der Waals surface area contributed by atoms with Crippen molar-refractivity contribution in [2.75, 3.05) is 0 Å². The maximum absolute atomic E-state index is 8.91. The van der Waals surface area contributed by atoms with E-state index in [9.17, 15) is 0 Å². The molecule has 2 rings (SSSR count). The first kappa shape index (κ1) is 7.76. The fourth-order valence-corrected chi connectivity index (χ4v) is 1.51. The Morgan fingerprint density at radius 1 is 1.50 bits per heavy atom. The molecule has 1 aromatic heterocycles. The molecule has 0 aliphatic heterocycles. The minimum Gasteiger partial charge on any atom is -0.390 e. The predicted octanol–water partition coefficient (Wildman–Crippen LogP) is 1.82. The maximum Gasteiger partial charge on any atom is 0.0935 e. The normalized spacial score (nSPS) is 10.8. The molecule has 2 N–H and O–H groups in total. The second-order valence-corrected chi connectivity index (χ2v) is 3.44. The van der Waals surface area contributed by atoms with Gasteiger partial charge in [-0.3, -0.25) is 5.10 Å². The van der Waals surface area contributed by atoms with Crippen molar-refractivity contribution >= 4 is 26.8 Å². The van der Waals surface area contributed by atoms with Crippen molar-refractivity contribution < 1.29 is 5.11 Å². The van der Waals surface area contributed by atoms with Gasteiger partial charge in [0, 0.05) is 9.86 Å². The fraction of sp³-hybridized carbons (Fsp3) is 0.125. The van der Waals surface area contributed by atoms with Crippen molar-refractivity contribution in [2.45, 2.75) is 6.61 Å². The van der Waals surface area contributed by atoms with Crippen molar-refractivity contribution in [1.82, 2.24) is 10.2 Å². The van der Waals surface area contributed by atoms with E-state index in [2.05, 4.69) is 26.1 Å². The molecule has 0 radical (unpaired) electrons. The number of benzene rings is 1. The Morgan fingerprint density at radius 2 is 2.33 bits per heavy atom. The molecule has 62 valence electrons. The highest BCUT2D eigenvalue weighted by molar-refractivity contribution is 9.10. The Morgan fingerprint density at radius 3 is 3.08 bits per heavy atom. The molecule has 0 unspecified atom stereocenters. The Labute approximate surface area is 77.5 Å². The first-order valence-electron chi connectivity index (χ1n) is 3.54. The summed E-state index contributed by atoms with van der Waals surface area (Å²) in [7, 11) is 0. The minimum atomic E-state index is -0.00185. The maximum atomic E-state index is 8.91. The summed E-state index contributed by atoms with van der Waals surface area (Å²) in [6, 6.07) is 5.76. The van der Waals surface area contributed by atoms with Crippen LogP contribution < -0.4 is 0 Å². The molecule has 4 heteroatoms. The highest BCUT2D eigenvalue weighted by atomic mass is 79.9. The van der Waals surface area contributed by atoms with Crippen LogP contribution in [-0.2, 0) is 6.61 Å². The number of halogens is 1. The summed E-state index contributed by atoms with van der Waals surface area (Å²) in [5, 5.41) is 16.7. The highest BCUT2D eigenvalue weighted by Gasteiger charge is 2.02. The van der Waals surface area contributed by atoms with Gasteiger partial charge in [-0.2, -0.15) is 5.10 Å². The van der Waals surface area contributed by atoms with Crippen molar-refractivity contribution in [3.8, 4) is 0 Å². The van der Waals surface area contributed by atoms with Gasteiger partial charge in [-0.15, -0.1) is 0 Å². The lowest BCUT2D eigenvalue weighted by molar-refractivity contribution is 0.278. The van der Waals surface area contributed by atoms with E-state index in [1.807, 2.05) is 18.2 Å². The SMILES string of the molecule is OCc1[nH]nc2cc(Br)ccc12. The number of nitrogens with one attached hydrogen (secondary N) is 1. The van der Waals surface area contributed by atoms with Gasteiger partial charge >= 0.3 is 0 Å². The van der Waals surface area contributed by atoms with E-state index >= 15 is 0 Å². The zero-order valence-corrected chi connectivity index (χ0v) is 7.80. The van der Waals surface area contributed by atoms with E-state index in [1.165, 1.54) is 0 Å². The lowest BCUT2D eigenvalue weighted by Gasteiger charge is -1.91. The van der Waals surface area contributed by atoms with E-state index in [1.54, 1.807) is 0 Å². The van der Waals surface area contributed by atoms with Gasteiger partial charge in [0.05, 0.1) is 17.8 Å². The van der Waals surface area contributed by atoms with Crippen LogP contribution in [0, 0.1) is 0 Å².